The molecule has 0 bridgehead atoms. The molecule has 0 amide bonds. The summed E-state index contributed by atoms with van der Waals surface area (Å²) >= 11 is 6.09. The number of rotatable bonds is 5. The largest absolute Gasteiger partial charge is 0.370 e. The molecule has 0 atom stereocenters. The number of hydrogen-bond acceptors (Lipinski definition) is 3. The van der Waals surface area contributed by atoms with E-state index >= 15 is 0 Å². The number of aromatic nitrogens is 2. The van der Waals surface area contributed by atoms with Crippen LogP contribution < -0.4 is 5.32 Å². The molecular formula is C16H20ClN3. The second-order valence-corrected chi connectivity index (χ2v) is 5.19. The maximum atomic E-state index is 6.09. The molecule has 3 nitrogen and oxygen atoms in total. The maximum Gasteiger partial charge on any atom is 0.133 e. The summed E-state index contributed by atoms with van der Waals surface area (Å²) in [6, 6.07) is 7.81. The average molecular weight is 290 g/mol. The molecule has 1 aromatic carbocycles. The molecule has 0 radical (unpaired) electrons. The Bertz CT molecular complexity index is 596. The monoisotopic (exact) mass is 289 g/mol. The quantitative estimate of drug-likeness (QED) is 0.881. The predicted molar refractivity (Wildman–Crippen MR) is 85.4 cm³/mol. The standard InChI is InChI=1S/C16H20ClN3/c1-4-7-14-19-15(11(3)16(20-14)18-5-2)12-8-6-9-13(17)10-12/h6,8-10H,4-5,7H2,1-3H3,(H,18,19,20). The third-order valence-electron chi connectivity index (χ3n) is 3.11. The van der Waals surface area contributed by atoms with E-state index in [9.17, 15) is 0 Å². The fraction of sp³-hybridized carbons (Fsp3) is 0.375. The van der Waals surface area contributed by atoms with Gasteiger partial charge in [0.1, 0.15) is 11.6 Å². The lowest BCUT2D eigenvalue weighted by Crippen LogP contribution is -2.08. The Morgan fingerprint density at radius 2 is 2.00 bits per heavy atom. The summed E-state index contributed by atoms with van der Waals surface area (Å²) < 4.78 is 0. The molecule has 0 spiro atoms. The van der Waals surface area contributed by atoms with Crippen LogP contribution in [0.2, 0.25) is 5.02 Å². The van der Waals surface area contributed by atoms with E-state index in [0.29, 0.717) is 0 Å². The van der Waals surface area contributed by atoms with Crippen LogP contribution in [0.25, 0.3) is 11.3 Å². The minimum Gasteiger partial charge on any atom is -0.370 e. The zero-order valence-electron chi connectivity index (χ0n) is 12.2. The van der Waals surface area contributed by atoms with Crippen LogP contribution in [0, 0.1) is 6.92 Å². The third kappa shape index (κ3) is 3.28. The lowest BCUT2D eigenvalue weighted by Gasteiger charge is -2.13. The van der Waals surface area contributed by atoms with E-state index in [4.69, 9.17) is 16.6 Å². The van der Waals surface area contributed by atoms with Crippen molar-refractivity contribution < 1.29 is 0 Å². The van der Waals surface area contributed by atoms with Gasteiger partial charge in [0.25, 0.3) is 0 Å². The first-order chi connectivity index (χ1) is 9.65. The van der Waals surface area contributed by atoms with Crippen LogP contribution in [0.1, 0.15) is 31.7 Å². The van der Waals surface area contributed by atoms with E-state index in [-0.39, 0.29) is 0 Å². The zero-order valence-corrected chi connectivity index (χ0v) is 13.0. The summed E-state index contributed by atoms with van der Waals surface area (Å²) in [4.78, 5) is 9.31. The van der Waals surface area contributed by atoms with Gasteiger partial charge in [-0.3, -0.25) is 0 Å². The van der Waals surface area contributed by atoms with Crippen molar-refractivity contribution in [1.29, 1.82) is 0 Å². The zero-order chi connectivity index (χ0) is 14.5. The van der Waals surface area contributed by atoms with Crippen LogP contribution in [0.3, 0.4) is 0 Å². The van der Waals surface area contributed by atoms with Gasteiger partial charge in [0.15, 0.2) is 0 Å². The average Bonchev–Trinajstić information content (AvgIpc) is 2.43. The number of halogens is 1. The molecule has 0 saturated heterocycles. The summed E-state index contributed by atoms with van der Waals surface area (Å²) in [7, 11) is 0. The number of anilines is 1. The van der Waals surface area contributed by atoms with E-state index in [1.807, 2.05) is 31.2 Å². The van der Waals surface area contributed by atoms with Gasteiger partial charge in [-0.25, -0.2) is 9.97 Å². The van der Waals surface area contributed by atoms with Crippen LogP contribution in [0.15, 0.2) is 24.3 Å². The molecule has 106 valence electrons. The third-order valence-corrected chi connectivity index (χ3v) is 3.34. The Kier molecular flexibility index (Phi) is 4.96. The molecule has 0 fully saturated rings. The first kappa shape index (κ1) is 14.8. The van der Waals surface area contributed by atoms with Gasteiger partial charge in [0, 0.05) is 29.1 Å². The highest BCUT2D eigenvalue weighted by Crippen LogP contribution is 2.27. The molecule has 0 aliphatic carbocycles. The van der Waals surface area contributed by atoms with Crippen molar-refractivity contribution in [3.8, 4) is 11.3 Å². The van der Waals surface area contributed by atoms with Crippen LogP contribution in [0.5, 0.6) is 0 Å². The Morgan fingerprint density at radius 3 is 2.65 bits per heavy atom. The lowest BCUT2D eigenvalue weighted by molar-refractivity contribution is 0.833. The Hall–Kier alpha value is -1.61. The van der Waals surface area contributed by atoms with Crippen molar-refractivity contribution in [2.24, 2.45) is 0 Å². The molecular weight excluding hydrogens is 270 g/mol. The van der Waals surface area contributed by atoms with Crippen LogP contribution in [-0.2, 0) is 6.42 Å². The van der Waals surface area contributed by atoms with Crippen molar-refractivity contribution >= 4 is 17.4 Å². The molecule has 0 aliphatic rings. The highest BCUT2D eigenvalue weighted by molar-refractivity contribution is 6.30. The van der Waals surface area contributed by atoms with E-state index in [2.05, 4.69) is 24.1 Å². The highest BCUT2D eigenvalue weighted by atomic mass is 35.5. The van der Waals surface area contributed by atoms with Crippen molar-refractivity contribution in [2.45, 2.75) is 33.6 Å². The number of hydrogen-bond donors (Lipinski definition) is 1. The Balaban J connectivity index is 2.55. The Labute approximate surface area is 125 Å². The fourth-order valence-corrected chi connectivity index (χ4v) is 2.35. The number of benzene rings is 1. The van der Waals surface area contributed by atoms with E-state index in [0.717, 1.165) is 52.9 Å². The molecule has 0 saturated carbocycles. The summed E-state index contributed by atoms with van der Waals surface area (Å²) in [6.07, 6.45) is 1.91. The highest BCUT2D eigenvalue weighted by Gasteiger charge is 2.12. The van der Waals surface area contributed by atoms with E-state index < -0.39 is 0 Å². The number of aryl methyl sites for hydroxylation is 1. The summed E-state index contributed by atoms with van der Waals surface area (Å²) in [5.41, 5.74) is 3.06. The normalized spacial score (nSPS) is 10.6. The van der Waals surface area contributed by atoms with Gasteiger partial charge in [-0.05, 0) is 32.4 Å². The smallest absolute Gasteiger partial charge is 0.133 e. The molecule has 0 unspecified atom stereocenters. The summed E-state index contributed by atoms with van der Waals surface area (Å²) in [5.74, 6) is 1.80. The maximum absolute atomic E-state index is 6.09. The van der Waals surface area contributed by atoms with E-state index in [1.54, 1.807) is 0 Å². The molecule has 1 aromatic heterocycles. The second kappa shape index (κ2) is 6.71. The first-order valence-corrected chi connectivity index (χ1v) is 7.40. The van der Waals surface area contributed by atoms with E-state index in [1.165, 1.54) is 0 Å². The molecule has 20 heavy (non-hydrogen) atoms. The van der Waals surface area contributed by atoms with Crippen molar-refractivity contribution in [2.75, 3.05) is 11.9 Å². The van der Waals surface area contributed by atoms with Gasteiger partial charge < -0.3 is 5.32 Å². The fourth-order valence-electron chi connectivity index (χ4n) is 2.15. The summed E-state index contributed by atoms with van der Waals surface area (Å²) in [6.45, 7) is 7.09. The number of nitrogens with zero attached hydrogens (tertiary/aromatic N) is 2. The van der Waals surface area contributed by atoms with Crippen molar-refractivity contribution in [3.05, 3.63) is 40.7 Å². The predicted octanol–water partition coefficient (Wildman–Crippen LogP) is 4.49. The minimum absolute atomic E-state index is 0.725. The van der Waals surface area contributed by atoms with Gasteiger partial charge in [0.2, 0.25) is 0 Å². The van der Waals surface area contributed by atoms with Gasteiger partial charge in [-0.15, -0.1) is 0 Å². The molecule has 1 N–H and O–H groups in total. The SMILES string of the molecule is CCCc1nc(NCC)c(C)c(-c2cccc(Cl)c2)n1. The molecule has 2 aromatic rings. The van der Waals surface area contributed by atoms with Crippen LogP contribution >= 0.6 is 11.6 Å². The molecule has 1 heterocycles. The molecule has 0 aliphatic heterocycles. The van der Waals surface area contributed by atoms with Crippen LogP contribution in [0.4, 0.5) is 5.82 Å². The molecule has 2 rings (SSSR count). The minimum atomic E-state index is 0.725. The van der Waals surface area contributed by atoms with Crippen molar-refractivity contribution in [1.82, 2.24) is 9.97 Å². The topological polar surface area (TPSA) is 37.8 Å². The van der Waals surface area contributed by atoms with Gasteiger partial charge >= 0.3 is 0 Å². The first-order valence-electron chi connectivity index (χ1n) is 7.03. The van der Waals surface area contributed by atoms with Crippen LogP contribution in [-0.4, -0.2) is 16.5 Å². The van der Waals surface area contributed by atoms with Gasteiger partial charge in [-0.1, -0.05) is 30.7 Å². The lowest BCUT2D eigenvalue weighted by atomic mass is 10.1. The van der Waals surface area contributed by atoms with Gasteiger partial charge in [0.05, 0.1) is 5.69 Å². The summed E-state index contributed by atoms with van der Waals surface area (Å²) in [5, 5.41) is 4.04. The van der Waals surface area contributed by atoms with Crippen molar-refractivity contribution in [3.63, 3.8) is 0 Å². The van der Waals surface area contributed by atoms with Gasteiger partial charge in [-0.2, -0.15) is 0 Å². The molecule has 4 heteroatoms. The Morgan fingerprint density at radius 1 is 1.20 bits per heavy atom. The number of nitrogens with one attached hydrogen (secondary N) is 1. The second-order valence-electron chi connectivity index (χ2n) is 4.75.